The summed E-state index contributed by atoms with van der Waals surface area (Å²) in [6, 6.07) is 9.90. The molecule has 0 aliphatic carbocycles. The van der Waals surface area contributed by atoms with E-state index in [0.717, 1.165) is 5.69 Å². The molecule has 168 valence electrons. The molecule has 32 heavy (non-hydrogen) atoms. The Kier molecular flexibility index (Phi) is 4.87. The van der Waals surface area contributed by atoms with Gasteiger partial charge in [-0.1, -0.05) is 18.2 Å². The molecule has 11 heteroatoms. The largest absolute Gasteiger partial charge is 0.369 e. The standard InChI is InChI=1S/C21H26N8O3/c22-20-25-17-16(18(31)26-20)23-12-28(17)9-6-15(30)27-10-7-21(8-11-27)19(32)24-13-29(21)14-4-2-1-3-5-14/h1-5,23H,6-13H2,(H,24,32)(H3,22,25,26,31). The van der Waals surface area contributed by atoms with Crippen LogP contribution in [-0.2, 0) is 9.59 Å². The highest BCUT2D eigenvalue weighted by molar-refractivity contribution is 5.93. The van der Waals surface area contributed by atoms with Gasteiger partial charge in [0.15, 0.2) is 5.82 Å². The number of carbonyl (C=O) groups excluding carboxylic acids is 2. The topological polar surface area (TPSA) is 140 Å². The van der Waals surface area contributed by atoms with E-state index >= 15 is 0 Å². The molecule has 0 saturated carbocycles. The number of para-hydroxylation sites is 1. The molecule has 3 aliphatic rings. The molecule has 0 radical (unpaired) electrons. The van der Waals surface area contributed by atoms with Gasteiger partial charge in [-0.15, -0.1) is 0 Å². The predicted molar refractivity (Wildman–Crippen MR) is 120 cm³/mol. The number of H-pyrrole nitrogens is 1. The first-order valence-corrected chi connectivity index (χ1v) is 10.8. The van der Waals surface area contributed by atoms with Gasteiger partial charge in [0, 0.05) is 31.7 Å². The number of benzene rings is 1. The van der Waals surface area contributed by atoms with E-state index < -0.39 is 5.54 Å². The normalized spacial score (nSPS) is 19.1. The molecule has 2 saturated heterocycles. The minimum absolute atomic E-state index is 0.0239. The number of aromatic nitrogens is 2. The third-order valence-electron chi connectivity index (χ3n) is 6.61. The Morgan fingerprint density at radius 1 is 1.09 bits per heavy atom. The third kappa shape index (κ3) is 3.29. The molecule has 5 rings (SSSR count). The Hall–Kier alpha value is -3.76. The lowest BCUT2D eigenvalue weighted by molar-refractivity contribution is -0.135. The van der Waals surface area contributed by atoms with E-state index in [4.69, 9.17) is 5.73 Å². The Balaban J connectivity index is 1.21. The number of hydrogen-bond donors (Lipinski definition) is 4. The van der Waals surface area contributed by atoms with Gasteiger partial charge in [-0.3, -0.25) is 19.4 Å². The third-order valence-corrected chi connectivity index (χ3v) is 6.61. The van der Waals surface area contributed by atoms with E-state index in [0.29, 0.717) is 57.3 Å². The van der Waals surface area contributed by atoms with Crippen molar-refractivity contribution in [2.75, 3.05) is 53.8 Å². The van der Waals surface area contributed by atoms with Gasteiger partial charge in [-0.2, -0.15) is 4.98 Å². The number of nitrogen functional groups attached to an aromatic ring is 1. The van der Waals surface area contributed by atoms with Gasteiger partial charge in [0.05, 0.1) is 13.3 Å². The highest BCUT2D eigenvalue weighted by Gasteiger charge is 2.50. The summed E-state index contributed by atoms with van der Waals surface area (Å²) in [5, 5.41) is 5.97. The second-order valence-corrected chi connectivity index (χ2v) is 8.34. The summed E-state index contributed by atoms with van der Waals surface area (Å²) in [5.74, 6) is 0.573. The molecule has 5 N–H and O–H groups in total. The zero-order valence-corrected chi connectivity index (χ0v) is 17.6. The first kappa shape index (κ1) is 20.2. The van der Waals surface area contributed by atoms with Crippen LogP contribution in [0.5, 0.6) is 0 Å². The van der Waals surface area contributed by atoms with Gasteiger partial charge in [0.25, 0.3) is 5.56 Å². The average Bonchev–Trinajstić information content (AvgIpc) is 3.34. The summed E-state index contributed by atoms with van der Waals surface area (Å²) in [6.45, 7) is 2.35. The van der Waals surface area contributed by atoms with Crippen LogP contribution >= 0.6 is 0 Å². The smallest absolute Gasteiger partial charge is 0.277 e. The van der Waals surface area contributed by atoms with Crippen molar-refractivity contribution in [3.63, 3.8) is 0 Å². The van der Waals surface area contributed by atoms with Crippen LogP contribution in [0.1, 0.15) is 19.3 Å². The van der Waals surface area contributed by atoms with Crippen LogP contribution in [-0.4, -0.2) is 65.2 Å². The lowest BCUT2D eigenvalue weighted by Gasteiger charge is -2.43. The molecule has 1 aromatic carbocycles. The number of anilines is 4. The minimum Gasteiger partial charge on any atom is -0.369 e. The van der Waals surface area contributed by atoms with Crippen LogP contribution in [0.15, 0.2) is 35.1 Å². The summed E-state index contributed by atoms with van der Waals surface area (Å²) >= 11 is 0. The number of carbonyl (C=O) groups is 2. The van der Waals surface area contributed by atoms with Gasteiger partial charge < -0.3 is 31.1 Å². The number of hydrogen-bond acceptors (Lipinski definition) is 8. The monoisotopic (exact) mass is 438 g/mol. The molecule has 2 aromatic rings. The van der Waals surface area contributed by atoms with Crippen molar-refractivity contribution < 1.29 is 9.59 Å². The van der Waals surface area contributed by atoms with Crippen molar-refractivity contribution in [2.24, 2.45) is 0 Å². The Morgan fingerprint density at radius 2 is 1.84 bits per heavy atom. The molecule has 0 bridgehead atoms. The van der Waals surface area contributed by atoms with Crippen molar-refractivity contribution >= 4 is 35.0 Å². The molecule has 2 fully saturated rings. The summed E-state index contributed by atoms with van der Waals surface area (Å²) < 4.78 is 0. The fourth-order valence-electron chi connectivity index (χ4n) is 4.85. The lowest BCUT2D eigenvalue weighted by Crippen LogP contribution is -2.57. The molecular weight excluding hydrogens is 412 g/mol. The molecule has 11 nitrogen and oxygen atoms in total. The van der Waals surface area contributed by atoms with Crippen LogP contribution in [0.25, 0.3) is 0 Å². The fraction of sp³-hybridized carbons (Fsp3) is 0.429. The molecule has 0 atom stereocenters. The number of likely N-dealkylation sites (tertiary alicyclic amines) is 1. The molecule has 2 amide bonds. The summed E-state index contributed by atoms with van der Waals surface area (Å²) in [4.78, 5) is 50.1. The highest BCUT2D eigenvalue weighted by Crippen LogP contribution is 2.36. The number of piperidine rings is 1. The van der Waals surface area contributed by atoms with Gasteiger partial charge in [-0.05, 0) is 25.0 Å². The fourth-order valence-corrected chi connectivity index (χ4v) is 4.85. The molecular formula is C21H26N8O3. The average molecular weight is 438 g/mol. The van der Waals surface area contributed by atoms with E-state index in [1.165, 1.54) is 0 Å². The maximum absolute atomic E-state index is 12.9. The van der Waals surface area contributed by atoms with Crippen molar-refractivity contribution in [3.8, 4) is 0 Å². The van der Waals surface area contributed by atoms with Crippen LogP contribution in [0.4, 0.5) is 23.1 Å². The molecule has 1 spiro atoms. The van der Waals surface area contributed by atoms with Crippen LogP contribution in [0.3, 0.4) is 0 Å². The first-order chi connectivity index (χ1) is 15.5. The first-order valence-electron chi connectivity index (χ1n) is 10.8. The quantitative estimate of drug-likeness (QED) is 0.518. The second kappa shape index (κ2) is 7.74. The number of rotatable bonds is 4. The maximum Gasteiger partial charge on any atom is 0.277 e. The Bertz CT molecular complexity index is 1090. The van der Waals surface area contributed by atoms with Gasteiger partial charge in [-0.25, -0.2) is 0 Å². The van der Waals surface area contributed by atoms with Crippen molar-refractivity contribution in [1.29, 1.82) is 0 Å². The summed E-state index contributed by atoms with van der Waals surface area (Å²) in [6.07, 6.45) is 1.46. The second-order valence-electron chi connectivity index (χ2n) is 8.34. The lowest BCUT2D eigenvalue weighted by atomic mass is 9.85. The summed E-state index contributed by atoms with van der Waals surface area (Å²) in [5.41, 5.74) is 6.11. The molecule has 1 aromatic heterocycles. The van der Waals surface area contributed by atoms with E-state index in [1.54, 1.807) is 0 Å². The Morgan fingerprint density at radius 3 is 2.59 bits per heavy atom. The molecule has 0 unspecified atom stereocenters. The number of nitrogens with zero attached hydrogens (tertiary/aromatic N) is 4. The predicted octanol–water partition coefficient (Wildman–Crippen LogP) is -0.113. The van der Waals surface area contributed by atoms with Crippen molar-refractivity contribution in [1.82, 2.24) is 20.2 Å². The zero-order valence-electron chi connectivity index (χ0n) is 17.6. The van der Waals surface area contributed by atoms with Gasteiger partial charge >= 0.3 is 0 Å². The highest BCUT2D eigenvalue weighted by atomic mass is 16.2. The minimum atomic E-state index is -0.613. The van der Waals surface area contributed by atoms with E-state index in [2.05, 4.69) is 25.5 Å². The van der Waals surface area contributed by atoms with E-state index in [9.17, 15) is 14.4 Å². The molecule has 4 heterocycles. The van der Waals surface area contributed by atoms with Gasteiger partial charge in [0.2, 0.25) is 17.8 Å². The van der Waals surface area contributed by atoms with Gasteiger partial charge in [0.1, 0.15) is 11.2 Å². The zero-order chi connectivity index (χ0) is 22.3. The van der Waals surface area contributed by atoms with E-state index in [1.807, 2.05) is 40.1 Å². The SMILES string of the molecule is Nc1nc2c(c(=O)[nH]1)NCN2CCC(=O)N1CCC2(CC1)C(=O)NCN2c1ccccc1. The maximum atomic E-state index is 12.9. The number of nitrogens with two attached hydrogens (primary N) is 1. The Labute approximate surface area is 184 Å². The number of fused-ring (bicyclic) bond motifs is 1. The molecule has 3 aliphatic heterocycles. The number of amides is 2. The van der Waals surface area contributed by atoms with Crippen molar-refractivity contribution in [2.45, 2.75) is 24.8 Å². The van der Waals surface area contributed by atoms with Crippen LogP contribution < -0.4 is 31.7 Å². The van der Waals surface area contributed by atoms with Crippen LogP contribution in [0.2, 0.25) is 0 Å². The van der Waals surface area contributed by atoms with Crippen LogP contribution in [0, 0.1) is 0 Å². The van der Waals surface area contributed by atoms with E-state index in [-0.39, 0.29) is 29.7 Å². The van der Waals surface area contributed by atoms with Crippen molar-refractivity contribution in [3.05, 3.63) is 40.7 Å². The summed E-state index contributed by atoms with van der Waals surface area (Å²) in [7, 11) is 0. The number of aromatic amines is 1. The number of nitrogens with one attached hydrogen (secondary N) is 3.